The van der Waals surface area contributed by atoms with Crippen molar-refractivity contribution in [2.24, 2.45) is 5.73 Å². The summed E-state index contributed by atoms with van der Waals surface area (Å²) in [7, 11) is 0. The lowest BCUT2D eigenvalue weighted by Crippen LogP contribution is -2.65. The molecule has 0 saturated heterocycles. The van der Waals surface area contributed by atoms with Crippen LogP contribution >= 0.6 is 24.4 Å². The van der Waals surface area contributed by atoms with Crippen LogP contribution in [0.3, 0.4) is 0 Å². The summed E-state index contributed by atoms with van der Waals surface area (Å²) >= 11 is 5.29. The van der Waals surface area contributed by atoms with Crippen molar-refractivity contribution in [3.05, 3.63) is 0 Å². The number of hydrogen-bond acceptors (Lipinski definition) is 6. The maximum Gasteiger partial charge on any atom is 0.339 e. The first kappa shape index (κ1) is 15.6. The molecule has 0 aromatic rings. The highest BCUT2D eigenvalue weighted by Crippen LogP contribution is 2.07. The lowest BCUT2D eigenvalue weighted by Gasteiger charge is -2.27. The van der Waals surface area contributed by atoms with Gasteiger partial charge in [0.1, 0.15) is 6.04 Å². The van der Waals surface area contributed by atoms with Crippen LogP contribution in [0, 0.1) is 0 Å². The van der Waals surface area contributed by atoms with Crippen molar-refractivity contribution >= 4 is 36.3 Å². The highest BCUT2D eigenvalue weighted by Gasteiger charge is 2.36. The quantitative estimate of drug-likeness (QED) is 0.296. The number of thioether (sulfide) groups is 1. The van der Waals surface area contributed by atoms with E-state index in [2.05, 4.69) is 17.9 Å². The van der Waals surface area contributed by atoms with Crippen LogP contribution in [0.1, 0.15) is 6.42 Å². The van der Waals surface area contributed by atoms with Crippen molar-refractivity contribution in [3.63, 3.8) is 0 Å². The first-order valence-corrected chi connectivity index (χ1v) is 6.52. The van der Waals surface area contributed by atoms with Gasteiger partial charge in [0.25, 0.3) is 0 Å². The first-order chi connectivity index (χ1) is 7.37. The predicted octanol–water partition coefficient (Wildman–Crippen LogP) is -0.548. The molecule has 0 aliphatic heterocycles. The highest BCUT2D eigenvalue weighted by atomic mass is 32.2. The summed E-state index contributed by atoms with van der Waals surface area (Å²) in [5, 5.41) is 20.2. The van der Waals surface area contributed by atoms with Gasteiger partial charge >= 0.3 is 11.9 Å². The molecule has 0 saturated carbocycles. The minimum absolute atomic E-state index is 0.189. The summed E-state index contributed by atoms with van der Waals surface area (Å²) in [6.07, 6.45) is 2.14. The van der Waals surface area contributed by atoms with E-state index in [4.69, 9.17) is 15.9 Å². The molecule has 0 bridgehead atoms. The Hall–Kier alpha value is -0.440. The van der Waals surface area contributed by atoms with E-state index in [0.717, 1.165) is 0 Å². The van der Waals surface area contributed by atoms with Crippen molar-refractivity contribution < 1.29 is 19.8 Å². The van der Waals surface area contributed by atoms with Gasteiger partial charge in [0.05, 0.1) is 0 Å². The van der Waals surface area contributed by atoms with Gasteiger partial charge in [0, 0.05) is 5.75 Å². The third-order valence-corrected chi connectivity index (χ3v) is 3.11. The zero-order valence-corrected chi connectivity index (χ0v) is 10.6. The van der Waals surface area contributed by atoms with Crippen LogP contribution in [-0.4, -0.2) is 51.6 Å². The molecule has 0 aromatic carbocycles. The number of nitrogens with two attached hydrogens (primary N) is 1. The van der Waals surface area contributed by atoms with Crippen LogP contribution < -0.4 is 11.1 Å². The first-order valence-electron chi connectivity index (χ1n) is 4.50. The third kappa shape index (κ3) is 4.60. The molecule has 0 spiro atoms. The number of rotatable bonds is 8. The van der Waals surface area contributed by atoms with Gasteiger partial charge in [-0.15, -0.1) is 0 Å². The molecule has 8 heteroatoms. The molecular weight excluding hydrogens is 252 g/mol. The Kier molecular flexibility index (Phi) is 6.81. The molecule has 94 valence electrons. The molecule has 16 heavy (non-hydrogen) atoms. The number of aliphatic carboxylic acids is 2. The monoisotopic (exact) mass is 268 g/mol. The van der Waals surface area contributed by atoms with E-state index in [-0.39, 0.29) is 5.75 Å². The van der Waals surface area contributed by atoms with Gasteiger partial charge in [0.2, 0.25) is 0 Å². The summed E-state index contributed by atoms with van der Waals surface area (Å²) in [6, 6.07) is -0.985. The van der Waals surface area contributed by atoms with E-state index in [1.165, 1.54) is 11.8 Å². The Morgan fingerprint density at radius 3 is 2.44 bits per heavy atom. The molecule has 0 radical (unpaired) electrons. The van der Waals surface area contributed by atoms with E-state index in [0.29, 0.717) is 12.2 Å². The largest absolute Gasteiger partial charge is 0.480 e. The van der Waals surface area contributed by atoms with Crippen LogP contribution in [0.2, 0.25) is 0 Å². The zero-order valence-electron chi connectivity index (χ0n) is 8.84. The lowest BCUT2D eigenvalue weighted by molar-refractivity contribution is -0.146. The van der Waals surface area contributed by atoms with Gasteiger partial charge in [0.15, 0.2) is 5.66 Å². The van der Waals surface area contributed by atoms with E-state index >= 15 is 0 Å². The number of carboxylic acid groups (broad SMARTS) is 2. The Morgan fingerprint density at radius 2 is 2.12 bits per heavy atom. The molecule has 0 heterocycles. The Balaban J connectivity index is 4.59. The average molecular weight is 268 g/mol. The number of hydrogen-bond donors (Lipinski definition) is 5. The summed E-state index contributed by atoms with van der Waals surface area (Å²) in [5.41, 5.74) is 3.68. The van der Waals surface area contributed by atoms with Crippen molar-refractivity contribution in [2.45, 2.75) is 18.1 Å². The van der Waals surface area contributed by atoms with Crippen molar-refractivity contribution in [1.82, 2.24) is 5.32 Å². The molecule has 6 nitrogen and oxygen atoms in total. The molecular formula is C8H16N2O4S2. The number of thiol groups is 1. The minimum Gasteiger partial charge on any atom is -0.480 e. The normalized spacial score (nSPS) is 16.4. The zero-order chi connectivity index (χ0) is 12.8. The molecule has 5 N–H and O–H groups in total. The van der Waals surface area contributed by atoms with Gasteiger partial charge in [-0.25, -0.2) is 4.79 Å². The summed E-state index contributed by atoms with van der Waals surface area (Å²) in [6.45, 7) is 0. The summed E-state index contributed by atoms with van der Waals surface area (Å²) < 4.78 is 0. The molecule has 0 fully saturated rings. The Labute approximate surface area is 103 Å². The smallest absolute Gasteiger partial charge is 0.339 e. The van der Waals surface area contributed by atoms with E-state index in [1.807, 2.05) is 6.26 Å². The maximum atomic E-state index is 10.9. The maximum absolute atomic E-state index is 10.9. The van der Waals surface area contributed by atoms with Gasteiger partial charge in [-0.05, 0) is 18.4 Å². The molecule has 0 aromatic heterocycles. The van der Waals surface area contributed by atoms with Crippen LogP contribution in [0.5, 0.6) is 0 Å². The fourth-order valence-corrected chi connectivity index (χ4v) is 1.68. The van der Waals surface area contributed by atoms with Gasteiger partial charge in [-0.1, -0.05) is 0 Å². The Bertz CT molecular complexity index is 264. The number of carbonyl (C=O) groups is 2. The second-order valence-electron chi connectivity index (χ2n) is 3.25. The van der Waals surface area contributed by atoms with Crippen molar-refractivity contribution in [2.75, 3.05) is 17.8 Å². The number of carboxylic acids is 2. The standard InChI is InChI=1S/C8H16N2O4S2/c1-16-3-2-5(6(11)12)10-8(9,4-15)7(13)14/h5,10,15H,2-4,9H2,1H3,(H,11,12)(H,13,14)/t5-,8+/m0/s1. The lowest BCUT2D eigenvalue weighted by atomic mass is 10.1. The number of nitrogens with one attached hydrogen (secondary N) is 1. The van der Waals surface area contributed by atoms with Crippen LogP contribution in [0.4, 0.5) is 0 Å². The van der Waals surface area contributed by atoms with Crippen LogP contribution in [-0.2, 0) is 9.59 Å². The second-order valence-corrected chi connectivity index (χ2v) is 4.55. The van der Waals surface area contributed by atoms with Gasteiger partial charge in [-0.3, -0.25) is 10.1 Å². The Morgan fingerprint density at radius 1 is 1.56 bits per heavy atom. The fraction of sp³-hybridized carbons (Fsp3) is 0.750. The molecule has 0 unspecified atom stereocenters. The fourth-order valence-electron chi connectivity index (χ4n) is 0.979. The van der Waals surface area contributed by atoms with Crippen LogP contribution in [0.15, 0.2) is 0 Å². The molecule has 0 amide bonds. The topological polar surface area (TPSA) is 113 Å². The van der Waals surface area contributed by atoms with Crippen molar-refractivity contribution in [1.29, 1.82) is 0 Å². The minimum atomic E-state index is -1.81. The van der Waals surface area contributed by atoms with E-state index in [1.54, 1.807) is 0 Å². The molecule has 0 aliphatic rings. The predicted molar refractivity (Wildman–Crippen MR) is 66.0 cm³/mol. The van der Waals surface area contributed by atoms with E-state index in [9.17, 15) is 9.59 Å². The van der Waals surface area contributed by atoms with Gasteiger partial charge in [-0.2, -0.15) is 24.4 Å². The third-order valence-electron chi connectivity index (χ3n) is 1.97. The average Bonchev–Trinajstić information content (AvgIpc) is 2.23. The van der Waals surface area contributed by atoms with Gasteiger partial charge < -0.3 is 15.9 Å². The summed E-state index contributed by atoms with van der Waals surface area (Å²) in [5.74, 6) is -2.03. The second kappa shape index (κ2) is 7.00. The molecule has 2 atom stereocenters. The van der Waals surface area contributed by atoms with Crippen molar-refractivity contribution in [3.8, 4) is 0 Å². The molecule has 0 aliphatic carbocycles. The van der Waals surface area contributed by atoms with E-state index < -0.39 is 23.6 Å². The molecule has 0 rings (SSSR count). The SMILES string of the molecule is CSCC[C@H](N[C@](N)(CS)C(=O)O)C(=O)O. The van der Waals surface area contributed by atoms with Crippen LogP contribution in [0.25, 0.3) is 0 Å². The highest BCUT2D eigenvalue weighted by molar-refractivity contribution is 7.98. The summed E-state index contributed by atoms with van der Waals surface area (Å²) in [4.78, 5) is 21.7.